The molecule has 2 heterocycles. The smallest absolute Gasteiger partial charge is 0.224 e. The molecule has 0 spiro atoms. The van der Waals surface area contributed by atoms with E-state index in [4.69, 9.17) is 5.73 Å². The van der Waals surface area contributed by atoms with Gasteiger partial charge in [-0.2, -0.15) is 5.10 Å². The van der Waals surface area contributed by atoms with Gasteiger partial charge in [-0.25, -0.2) is 9.67 Å². The minimum atomic E-state index is -0.0677. The second kappa shape index (κ2) is 5.92. The Morgan fingerprint density at radius 2 is 2.28 bits per heavy atom. The maximum Gasteiger partial charge on any atom is 0.224 e. The van der Waals surface area contributed by atoms with E-state index in [1.807, 2.05) is 0 Å². The second-order valence-electron chi connectivity index (χ2n) is 3.77. The van der Waals surface area contributed by atoms with Crippen LogP contribution in [0.4, 0.5) is 5.69 Å². The zero-order valence-electron chi connectivity index (χ0n) is 9.91. The highest BCUT2D eigenvalue weighted by Gasteiger charge is 2.08. The number of carbonyl (C=O) groups excluding carboxylic acids is 1. The van der Waals surface area contributed by atoms with Gasteiger partial charge < -0.3 is 11.1 Å². The largest absolute Gasteiger partial charge is 0.330 e. The molecule has 0 saturated carbocycles. The highest BCUT2D eigenvalue weighted by molar-refractivity contribution is 5.92. The Labute approximate surface area is 105 Å². The fourth-order valence-electron chi connectivity index (χ4n) is 1.55. The third-order valence-corrected chi connectivity index (χ3v) is 2.39. The fraction of sp³-hybridized carbons (Fsp3) is 0.250. The normalized spacial score (nSPS) is 10.3. The molecule has 2 aromatic rings. The van der Waals surface area contributed by atoms with Crippen molar-refractivity contribution in [2.75, 3.05) is 11.9 Å². The summed E-state index contributed by atoms with van der Waals surface area (Å²) >= 11 is 0. The van der Waals surface area contributed by atoms with Gasteiger partial charge in [0.2, 0.25) is 5.91 Å². The number of rotatable bonds is 5. The molecule has 0 aliphatic carbocycles. The lowest BCUT2D eigenvalue weighted by atomic mass is 10.3. The number of nitrogens with zero attached hydrogens (tertiary/aromatic N) is 3. The van der Waals surface area contributed by atoms with Crippen molar-refractivity contribution in [2.24, 2.45) is 5.73 Å². The molecular weight excluding hydrogens is 230 g/mol. The van der Waals surface area contributed by atoms with Gasteiger partial charge in [0.25, 0.3) is 0 Å². The number of nitrogens with two attached hydrogens (primary N) is 1. The third kappa shape index (κ3) is 2.92. The number of anilines is 1. The van der Waals surface area contributed by atoms with Crippen LogP contribution in [0.5, 0.6) is 0 Å². The zero-order chi connectivity index (χ0) is 12.8. The first-order chi connectivity index (χ1) is 8.81. The van der Waals surface area contributed by atoms with Gasteiger partial charge in [0, 0.05) is 25.0 Å². The predicted molar refractivity (Wildman–Crippen MR) is 68.3 cm³/mol. The first-order valence-electron chi connectivity index (χ1n) is 5.76. The first kappa shape index (κ1) is 12.3. The molecule has 0 aliphatic heterocycles. The SMILES string of the molecule is NCCCC(=O)Nc1cccnc1-n1cccn1. The van der Waals surface area contributed by atoms with E-state index < -0.39 is 0 Å². The van der Waals surface area contributed by atoms with Gasteiger partial charge in [-0.15, -0.1) is 0 Å². The van der Waals surface area contributed by atoms with E-state index in [1.54, 1.807) is 41.5 Å². The quantitative estimate of drug-likeness (QED) is 0.821. The number of hydrogen-bond donors (Lipinski definition) is 2. The summed E-state index contributed by atoms with van der Waals surface area (Å²) in [4.78, 5) is 15.9. The minimum Gasteiger partial charge on any atom is -0.330 e. The Balaban J connectivity index is 2.16. The molecule has 2 rings (SSSR count). The molecule has 2 aromatic heterocycles. The molecule has 0 atom stereocenters. The molecule has 0 fully saturated rings. The summed E-state index contributed by atoms with van der Waals surface area (Å²) in [6, 6.07) is 5.37. The van der Waals surface area contributed by atoms with Crippen LogP contribution in [0, 0.1) is 0 Å². The van der Waals surface area contributed by atoms with E-state index in [1.165, 1.54) is 0 Å². The number of carbonyl (C=O) groups is 1. The number of nitrogens with one attached hydrogen (secondary N) is 1. The van der Waals surface area contributed by atoms with Crippen LogP contribution in [-0.2, 0) is 4.79 Å². The number of hydrogen-bond acceptors (Lipinski definition) is 4. The van der Waals surface area contributed by atoms with E-state index in [-0.39, 0.29) is 5.91 Å². The molecule has 0 saturated heterocycles. The summed E-state index contributed by atoms with van der Waals surface area (Å²) in [6.07, 6.45) is 6.17. The van der Waals surface area contributed by atoms with E-state index in [0.29, 0.717) is 30.9 Å². The lowest BCUT2D eigenvalue weighted by Crippen LogP contribution is -2.15. The van der Waals surface area contributed by atoms with Crippen molar-refractivity contribution in [3.63, 3.8) is 0 Å². The van der Waals surface area contributed by atoms with Gasteiger partial charge in [0.1, 0.15) is 0 Å². The molecular formula is C12H15N5O. The topological polar surface area (TPSA) is 85.8 Å². The zero-order valence-corrected chi connectivity index (χ0v) is 9.91. The summed E-state index contributed by atoms with van der Waals surface area (Å²) in [6.45, 7) is 0.506. The predicted octanol–water partition coefficient (Wildman–Crippen LogP) is 0.945. The number of pyridine rings is 1. The number of amides is 1. The Kier molecular flexibility index (Phi) is 4.03. The van der Waals surface area contributed by atoms with Crippen LogP contribution in [-0.4, -0.2) is 27.2 Å². The Morgan fingerprint density at radius 1 is 1.39 bits per heavy atom. The van der Waals surface area contributed by atoms with Crippen molar-refractivity contribution in [1.29, 1.82) is 0 Å². The van der Waals surface area contributed by atoms with Crippen molar-refractivity contribution in [3.8, 4) is 5.82 Å². The molecule has 1 amide bonds. The molecule has 0 unspecified atom stereocenters. The van der Waals surface area contributed by atoms with Gasteiger partial charge in [0.05, 0.1) is 5.69 Å². The van der Waals surface area contributed by atoms with Crippen molar-refractivity contribution >= 4 is 11.6 Å². The molecule has 0 bridgehead atoms. The van der Waals surface area contributed by atoms with Crippen LogP contribution < -0.4 is 11.1 Å². The lowest BCUT2D eigenvalue weighted by molar-refractivity contribution is -0.116. The molecule has 18 heavy (non-hydrogen) atoms. The van der Waals surface area contributed by atoms with Crippen LogP contribution in [0.1, 0.15) is 12.8 Å². The summed E-state index contributed by atoms with van der Waals surface area (Å²) in [7, 11) is 0. The molecule has 0 radical (unpaired) electrons. The van der Waals surface area contributed by atoms with Crippen LogP contribution in [0.2, 0.25) is 0 Å². The van der Waals surface area contributed by atoms with Crippen LogP contribution in [0.15, 0.2) is 36.8 Å². The maximum atomic E-state index is 11.7. The van der Waals surface area contributed by atoms with Crippen molar-refractivity contribution in [1.82, 2.24) is 14.8 Å². The highest BCUT2D eigenvalue weighted by Crippen LogP contribution is 2.16. The monoisotopic (exact) mass is 245 g/mol. The number of aromatic nitrogens is 3. The van der Waals surface area contributed by atoms with Gasteiger partial charge in [-0.3, -0.25) is 4.79 Å². The van der Waals surface area contributed by atoms with Crippen molar-refractivity contribution in [3.05, 3.63) is 36.8 Å². The summed E-state index contributed by atoms with van der Waals surface area (Å²) in [5, 5.41) is 6.92. The van der Waals surface area contributed by atoms with Gasteiger partial charge in [-0.05, 0) is 31.2 Å². The van der Waals surface area contributed by atoms with Crippen LogP contribution in [0.25, 0.3) is 5.82 Å². The maximum absolute atomic E-state index is 11.7. The average molecular weight is 245 g/mol. The molecule has 94 valence electrons. The Morgan fingerprint density at radius 3 is 3.00 bits per heavy atom. The Bertz CT molecular complexity index is 509. The third-order valence-electron chi connectivity index (χ3n) is 2.39. The van der Waals surface area contributed by atoms with E-state index in [2.05, 4.69) is 15.4 Å². The van der Waals surface area contributed by atoms with Gasteiger partial charge >= 0.3 is 0 Å². The van der Waals surface area contributed by atoms with Gasteiger partial charge in [0.15, 0.2) is 5.82 Å². The van der Waals surface area contributed by atoms with Crippen LogP contribution >= 0.6 is 0 Å². The molecule has 0 aromatic carbocycles. The highest BCUT2D eigenvalue weighted by atomic mass is 16.1. The van der Waals surface area contributed by atoms with Crippen molar-refractivity contribution in [2.45, 2.75) is 12.8 Å². The standard InChI is InChI=1S/C12H15N5O/c13-6-1-5-11(18)16-10-4-2-7-14-12(10)17-9-3-8-15-17/h2-4,7-9H,1,5-6,13H2,(H,16,18). The summed E-state index contributed by atoms with van der Waals surface area (Å²) in [5.41, 5.74) is 6.01. The van der Waals surface area contributed by atoms with E-state index >= 15 is 0 Å². The molecule has 6 heteroatoms. The molecule has 6 nitrogen and oxygen atoms in total. The Hall–Kier alpha value is -2.21. The second-order valence-corrected chi connectivity index (χ2v) is 3.77. The molecule has 3 N–H and O–H groups in total. The van der Waals surface area contributed by atoms with E-state index in [9.17, 15) is 4.79 Å². The first-order valence-corrected chi connectivity index (χ1v) is 5.76. The van der Waals surface area contributed by atoms with Crippen molar-refractivity contribution < 1.29 is 4.79 Å². The van der Waals surface area contributed by atoms with Gasteiger partial charge in [-0.1, -0.05) is 0 Å². The average Bonchev–Trinajstić information content (AvgIpc) is 2.91. The van der Waals surface area contributed by atoms with Crippen LogP contribution in [0.3, 0.4) is 0 Å². The lowest BCUT2D eigenvalue weighted by Gasteiger charge is -2.09. The minimum absolute atomic E-state index is 0.0677. The molecule has 0 aliphatic rings. The summed E-state index contributed by atoms with van der Waals surface area (Å²) in [5.74, 6) is 0.533. The summed E-state index contributed by atoms with van der Waals surface area (Å²) < 4.78 is 1.61. The van der Waals surface area contributed by atoms with E-state index in [0.717, 1.165) is 0 Å². The fourth-order valence-corrected chi connectivity index (χ4v) is 1.55.